The predicted octanol–water partition coefficient (Wildman–Crippen LogP) is 1.03. The van der Waals surface area contributed by atoms with Gasteiger partial charge in [-0.05, 0) is 0 Å². The summed E-state index contributed by atoms with van der Waals surface area (Å²) in [6.45, 7) is 0. The molecule has 0 fully saturated rings. The van der Waals surface area contributed by atoms with Crippen LogP contribution >= 0.6 is 0 Å². The van der Waals surface area contributed by atoms with Gasteiger partial charge in [0.05, 0.1) is 33.0 Å². The molecule has 0 aliphatic carbocycles. The molecular formula is C6H3N3NaO6. The molecule has 16 heavy (non-hydrogen) atoms. The quantitative estimate of drug-likeness (QED) is 0.437. The summed E-state index contributed by atoms with van der Waals surface area (Å²) in [6.07, 6.45) is 0. The van der Waals surface area contributed by atoms with E-state index in [0.717, 1.165) is 0 Å². The van der Waals surface area contributed by atoms with E-state index in [4.69, 9.17) is 0 Å². The van der Waals surface area contributed by atoms with Crippen LogP contribution in [-0.2, 0) is 0 Å². The van der Waals surface area contributed by atoms with Crippen LogP contribution in [0.4, 0.5) is 17.1 Å². The molecule has 0 saturated heterocycles. The summed E-state index contributed by atoms with van der Waals surface area (Å²) in [5, 5.41) is 30.9. The molecule has 1 aromatic carbocycles. The molecule has 1 aromatic rings. The zero-order chi connectivity index (χ0) is 11.6. The van der Waals surface area contributed by atoms with Crippen molar-refractivity contribution in [3.05, 3.63) is 48.5 Å². The van der Waals surface area contributed by atoms with Crippen molar-refractivity contribution in [1.82, 2.24) is 0 Å². The van der Waals surface area contributed by atoms with Crippen molar-refractivity contribution >= 4 is 46.6 Å². The second kappa shape index (κ2) is 5.49. The van der Waals surface area contributed by atoms with Gasteiger partial charge in [0.2, 0.25) is 0 Å². The van der Waals surface area contributed by atoms with Crippen LogP contribution in [0.2, 0.25) is 0 Å². The fraction of sp³-hybridized carbons (Fsp3) is 0. The fourth-order valence-corrected chi connectivity index (χ4v) is 0.896. The van der Waals surface area contributed by atoms with Crippen LogP contribution in [0.25, 0.3) is 0 Å². The van der Waals surface area contributed by atoms with Gasteiger partial charge in [-0.2, -0.15) is 0 Å². The van der Waals surface area contributed by atoms with E-state index in [1.54, 1.807) is 0 Å². The van der Waals surface area contributed by atoms with Crippen molar-refractivity contribution in [3.8, 4) is 0 Å². The van der Waals surface area contributed by atoms with Gasteiger partial charge in [-0.3, -0.25) is 30.3 Å². The van der Waals surface area contributed by atoms with E-state index >= 15 is 0 Å². The van der Waals surface area contributed by atoms with Crippen LogP contribution in [-0.4, -0.2) is 44.3 Å². The smallest absolute Gasteiger partial charge is 0.258 e. The molecule has 0 aromatic heterocycles. The van der Waals surface area contributed by atoms with Gasteiger partial charge in [-0.1, -0.05) is 0 Å². The molecule has 0 aliphatic rings. The molecule has 0 atom stereocenters. The number of benzene rings is 1. The Morgan fingerprint density at radius 1 is 0.688 bits per heavy atom. The van der Waals surface area contributed by atoms with Gasteiger partial charge in [-0.15, -0.1) is 0 Å². The molecule has 9 nitrogen and oxygen atoms in total. The van der Waals surface area contributed by atoms with E-state index in [-0.39, 0.29) is 29.6 Å². The number of hydrogen-bond acceptors (Lipinski definition) is 6. The van der Waals surface area contributed by atoms with Gasteiger partial charge in [0, 0.05) is 29.6 Å². The Balaban J connectivity index is 0.00000225. The maximum absolute atomic E-state index is 10.3. The number of hydrogen-bond donors (Lipinski definition) is 0. The normalized spacial score (nSPS) is 9.00. The number of nitro groups is 3. The van der Waals surface area contributed by atoms with E-state index in [1.165, 1.54) is 0 Å². The first kappa shape index (κ1) is 14.4. The van der Waals surface area contributed by atoms with E-state index in [0.29, 0.717) is 18.2 Å². The first-order chi connectivity index (χ1) is 6.91. The van der Waals surface area contributed by atoms with Gasteiger partial charge in [-0.25, -0.2) is 0 Å². The Morgan fingerprint density at radius 2 is 0.875 bits per heavy atom. The standard InChI is InChI=1S/C6H3N3O6.Na/c10-7(11)4-1-5(8(12)13)3-6(2-4)9(14)15;/h1-3H;. The molecular weight excluding hydrogens is 233 g/mol. The second-order valence-corrected chi connectivity index (χ2v) is 2.48. The topological polar surface area (TPSA) is 129 Å². The molecule has 0 amide bonds. The number of rotatable bonds is 3. The van der Waals surface area contributed by atoms with Gasteiger partial charge < -0.3 is 0 Å². The van der Waals surface area contributed by atoms with E-state index in [9.17, 15) is 30.3 Å². The zero-order valence-electron chi connectivity index (χ0n) is 8.02. The molecule has 0 aliphatic heterocycles. The molecule has 0 unspecified atom stereocenters. The average Bonchev–Trinajstić information content (AvgIpc) is 2.16. The molecule has 0 N–H and O–H groups in total. The monoisotopic (exact) mass is 236 g/mol. The van der Waals surface area contributed by atoms with Crippen molar-refractivity contribution in [3.63, 3.8) is 0 Å². The Morgan fingerprint density at radius 3 is 1.00 bits per heavy atom. The SMILES string of the molecule is O=[N+]([O-])c1cc([N+](=O)[O-])cc([N+](=O)[O-])c1.[Na]. The molecule has 0 spiro atoms. The molecule has 0 bridgehead atoms. The van der Waals surface area contributed by atoms with Crippen LogP contribution < -0.4 is 0 Å². The van der Waals surface area contributed by atoms with E-state index in [1.807, 2.05) is 0 Å². The molecule has 0 saturated carbocycles. The first-order valence-electron chi connectivity index (χ1n) is 3.50. The number of non-ortho nitro benzene ring substituents is 3. The van der Waals surface area contributed by atoms with Crippen molar-refractivity contribution in [1.29, 1.82) is 0 Å². The third-order valence-corrected chi connectivity index (χ3v) is 1.52. The second-order valence-electron chi connectivity index (χ2n) is 2.48. The van der Waals surface area contributed by atoms with Crippen molar-refractivity contribution in [2.75, 3.05) is 0 Å². The van der Waals surface area contributed by atoms with E-state index in [2.05, 4.69) is 0 Å². The zero-order valence-corrected chi connectivity index (χ0v) is 10.0. The summed E-state index contributed by atoms with van der Waals surface area (Å²) in [4.78, 5) is 28.1. The van der Waals surface area contributed by atoms with Crippen molar-refractivity contribution < 1.29 is 14.8 Å². The molecule has 1 radical (unpaired) electrons. The number of nitrogens with zero attached hydrogens (tertiary/aromatic N) is 3. The van der Waals surface area contributed by atoms with Crippen LogP contribution in [0.3, 0.4) is 0 Å². The Labute approximate surface area is 110 Å². The molecule has 1 rings (SSSR count). The Bertz CT molecular complexity index is 383. The summed E-state index contributed by atoms with van der Waals surface area (Å²) in [5.74, 6) is 0. The third-order valence-electron chi connectivity index (χ3n) is 1.52. The van der Waals surface area contributed by atoms with Crippen LogP contribution in [0.5, 0.6) is 0 Å². The van der Waals surface area contributed by atoms with Gasteiger partial charge >= 0.3 is 0 Å². The van der Waals surface area contributed by atoms with Crippen molar-refractivity contribution in [2.24, 2.45) is 0 Å². The minimum Gasteiger partial charge on any atom is -0.258 e. The maximum atomic E-state index is 10.3. The Hall–Kier alpha value is -1.58. The number of nitro benzene ring substituents is 3. The first-order valence-corrected chi connectivity index (χ1v) is 3.50. The van der Waals surface area contributed by atoms with Gasteiger partial charge in [0.1, 0.15) is 0 Å². The van der Waals surface area contributed by atoms with Crippen LogP contribution in [0.1, 0.15) is 0 Å². The minimum absolute atomic E-state index is 0. The summed E-state index contributed by atoms with van der Waals surface area (Å²) in [7, 11) is 0. The third kappa shape index (κ3) is 3.22. The fourth-order valence-electron chi connectivity index (χ4n) is 0.896. The molecule has 0 heterocycles. The summed E-state index contributed by atoms with van der Waals surface area (Å²) in [5.41, 5.74) is -2.05. The van der Waals surface area contributed by atoms with Crippen molar-refractivity contribution in [2.45, 2.75) is 0 Å². The van der Waals surface area contributed by atoms with Crippen LogP contribution in [0, 0.1) is 30.3 Å². The summed E-state index contributed by atoms with van der Waals surface area (Å²) >= 11 is 0. The Kier molecular flexibility index (Phi) is 4.95. The molecule has 79 valence electrons. The van der Waals surface area contributed by atoms with Gasteiger partial charge in [0.15, 0.2) is 0 Å². The largest absolute Gasteiger partial charge is 0.283 e. The average molecular weight is 236 g/mol. The molecule has 10 heteroatoms. The minimum atomic E-state index is -0.931. The summed E-state index contributed by atoms with van der Waals surface area (Å²) in [6, 6.07) is 1.98. The maximum Gasteiger partial charge on any atom is 0.283 e. The van der Waals surface area contributed by atoms with Crippen LogP contribution in [0.15, 0.2) is 18.2 Å². The van der Waals surface area contributed by atoms with Gasteiger partial charge in [0.25, 0.3) is 17.1 Å². The van der Waals surface area contributed by atoms with E-state index < -0.39 is 31.8 Å². The predicted molar refractivity (Wildman–Crippen MR) is 52.2 cm³/mol. The summed E-state index contributed by atoms with van der Waals surface area (Å²) < 4.78 is 0.